The third-order valence-electron chi connectivity index (χ3n) is 1.48. The fourth-order valence-electron chi connectivity index (χ4n) is 0.859. The van der Waals surface area contributed by atoms with E-state index >= 15 is 0 Å². The molecule has 0 aliphatic heterocycles. The second-order valence-corrected chi connectivity index (χ2v) is 2.53. The summed E-state index contributed by atoms with van der Waals surface area (Å²) < 4.78 is 35.7. The van der Waals surface area contributed by atoms with E-state index in [1.807, 2.05) is 0 Å². The van der Waals surface area contributed by atoms with Crippen LogP contribution in [0.15, 0.2) is 18.2 Å². The molecule has 0 aliphatic carbocycles. The average molecular weight is 206 g/mol. The van der Waals surface area contributed by atoms with E-state index in [-0.39, 0.29) is 0 Å². The summed E-state index contributed by atoms with van der Waals surface area (Å²) in [5.74, 6) is -3.52. The van der Waals surface area contributed by atoms with Crippen LogP contribution in [0, 0.1) is 0 Å². The lowest BCUT2D eigenvalue weighted by atomic mass is 10.1. The molecule has 1 aromatic rings. The van der Waals surface area contributed by atoms with Crippen LogP contribution in [0.25, 0.3) is 0 Å². The molecule has 0 atom stereocenters. The second kappa shape index (κ2) is 3.21. The van der Waals surface area contributed by atoms with Crippen LogP contribution in [0.1, 0.15) is 10.4 Å². The second-order valence-electron chi connectivity index (χ2n) is 2.53. The number of hydrogen-bond acceptors (Lipinski definition) is 3. The number of carbonyl (C=O) groups is 1. The number of alkyl halides is 3. The maximum atomic E-state index is 11.9. The van der Waals surface area contributed by atoms with Crippen molar-refractivity contribution in [1.82, 2.24) is 0 Å². The Labute approximate surface area is 76.4 Å². The first-order valence-corrected chi connectivity index (χ1v) is 3.46. The van der Waals surface area contributed by atoms with Gasteiger partial charge in [-0.3, -0.25) is 4.79 Å². The van der Waals surface area contributed by atoms with Crippen LogP contribution in [0.3, 0.4) is 0 Å². The zero-order chi connectivity index (χ0) is 10.9. The molecule has 0 spiro atoms. The number of halogens is 3. The number of Topliss-reactive ketones (excluding diaryl/α,β-unsaturated/α-hetero) is 1. The number of benzene rings is 1. The van der Waals surface area contributed by atoms with Crippen molar-refractivity contribution >= 4 is 5.78 Å². The average Bonchev–Trinajstić information content (AvgIpc) is 2.06. The Morgan fingerprint density at radius 3 is 2.29 bits per heavy atom. The van der Waals surface area contributed by atoms with Gasteiger partial charge < -0.3 is 10.2 Å². The summed E-state index contributed by atoms with van der Waals surface area (Å²) >= 11 is 0. The highest BCUT2D eigenvalue weighted by molar-refractivity contribution is 6.02. The Bertz CT molecular complexity index is 371. The molecule has 0 aliphatic rings. The maximum Gasteiger partial charge on any atom is 0.455 e. The number of ketones is 1. The number of phenols is 2. The number of phenolic OH excluding ortho intramolecular Hbond substituents is 2. The largest absolute Gasteiger partial charge is 0.508 e. The van der Waals surface area contributed by atoms with Crippen molar-refractivity contribution in [2.75, 3.05) is 0 Å². The Balaban J connectivity index is 3.19. The molecule has 3 nitrogen and oxygen atoms in total. The van der Waals surface area contributed by atoms with Gasteiger partial charge in [0.15, 0.2) is 0 Å². The van der Waals surface area contributed by atoms with Gasteiger partial charge in [0.2, 0.25) is 0 Å². The molecule has 6 heteroatoms. The van der Waals surface area contributed by atoms with Gasteiger partial charge in [-0.15, -0.1) is 0 Å². The van der Waals surface area contributed by atoms with Gasteiger partial charge in [0, 0.05) is 0 Å². The van der Waals surface area contributed by atoms with E-state index in [0.717, 1.165) is 12.1 Å². The third kappa shape index (κ3) is 1.95. The van der Waals surface area contributed by atoms with E-state index in [1.54, 1.807) is 0 Å². The first-order chi connectivity index (χ1) is 6.32. The van der Waals surface area contributed by atoms with Crippen molar-refractivity contribution in [3.63, 3.8) is 0 Å². The Morgan fingerprint density at radius 1 is 1.21 bits per heavy atom. The summed E-state index contributed by atoms with van der Waals surface area (Å²) in [6.45, 7) is 0. The first kappa shape index (κ1) is 10.4. The van der Waals surface area contributed by atoms with Gasteiger partial charge in [-0.25, -0.2) is 0 Å². The van der Waals surface area contributed by atoms with Crippen molar-refractivity contribution in [3.05, 3.63) is 23.8 Å². The molecule has 1 rings (SSSR count). The fraction of sp³-hybridized carbons (Fsp3) is 0.125. The van der Waals surface area contributed by atoms with Crippen LogP contribution < -0.4 is 0 Å². The van der Waals surface area contributed by atoms with E-state index in [2.05, 4.69) is 0 Å². The van der Waals surface area contributed by atoms with E-state index in [1.165, 1.54) is 0 Å². The van der Waals surface area contributed by atoms with Crippen molar-refractivity contribution in [3.8, 4) is 11.5 Å². The highest BCUT2D eigenvalue weighted by Crippen LogP contribution is 2.29. The van der Waals surface area contributed by atoms with Crippen LogP contribution in [0.5, 0.6) is 11.5 Å². The standard InChI is InChI=1S/C8H5F3O3/c9-8(10,11)7(14)5-3-4(12)1-2-6(5)13/h1-3,12-13H. The van der Waals surface area contributed by atoms with Crippen LogP contribution in [-0.2, 0) is 0 Å². The summed E-state index contributed by atoms with van der Waals surface area (Å²) in [7, 11) is 0. The molecule has 0 heterocycles. The quantitative estimate of drug-likeness (QED) is 0.544. The zero-order valence-corrected chi connectivity index (χ0v) is 6.67. The highest BCUT2D eigenvalue weighted by atomic mass is 19.4. The lowest BCUT2D eigenvalue weighted by Gasteiger charge is -2.06. The molecule has 0 fully saturated rings. The molecule has 76 valence electrons. The lowest BCUT2D eigenvalue weighted by Crippen LogP contribution is -2.22. The van der Waals surface area contributed by atoms with Gasteiger partial charge in [0.25, 0.3) is 5.78 Å². The van der Waals surface area contributed by atoms with Crippen LogP contribution in [-0.4, -0.2) is 22.2 Å². The summed E-state index contributed by atoms with van der Waals surface area (Å²) in [4.78, 5) is 10.6. The summed E-state index contributed by atoms with van der Waals surface area (Å²) in [5, 5.41) is 17.8. The Kier molecular flexibility index (Phi) is 2.37. The minimum absolute atomic E-state index is 0.518. The molecule has 1 aromatic carbocycles. The van der Waals surface area contributed by atoms with Crippen LogP contribution >= 0.6 is 0 Å². The lowest BCUT2D eigenvalue weighted by molar-refractivity contribution is -0.0886. The minimum atomic E-state index is -5.06. The Hall–Kier alpha value is -1.72. The SMILES string of the molecule is O=C(c1cc(O)ccc1O)C(F)(F)F. The highest BCUT2D eigenvalue weighted by Gasteiger charge is 2.40. The molecule has 0 bridgehead atoms. The van der Waals surface area contributed by atoms with Crippen molar-refractivity contribution in [1.29, 1.82) is 0 Å². The van der Waals surface area contributed by atoms with Gasteiger partial charge in [-0.2, -0.15) is 13.2 Å². The van der Waals surface area contributed by atoms with E-state index < -0.39 is 29.0 Å². The van der Waals surface area contributed by atoms with Crippen molar-refractivity contribution in [2.45, 2.75) is 6.18 Å². The molecule has 14 heavy (non-hydrogen) atoms. The number of carbonyl (C=O) groups excluding carboxylic acids is 1. The van der Waals surface area contributed by atoms with Crippen molar-refractivity contribution < 1.29 is 28.2 Å². The smallest absolute Gasteiger partial charge is 0.455 e. The molecule has 0 radical (unpaired) electrons. The summed E-state index contributed by atoms with van der Waals surface area (Å²) in [6.07, 6.45) is -5.06. The fourth-order valence-corrected chi connectivity index (χ4v) is 0.859. The molecule has 0 amide bonds. The Morgan fingerprint density at radius 2 is 1.79 bits per heavy atom. The van der Waals surface area contributed by atoms with Gasteiger partial charge >= 0.3 is 6.18 Å². The first-order valence-electron chi connectivity index (χ1n) is 3.46. The van der Waals surface area contributed by atoms with E-state index in [9.17, 15) is 18.0 Å². The predicted octanol–water partition coefficient (Wildman–Crippen LogP) is 1.84. The van der Waals surface area contributed by atoms with Gasteiger partial charge in [0.05, 0.1) is 5.56 Å². The van der Waals surface area contributed by atoms with Gasteiger partial charge in [-0.05, 0) is 18.2 Å². The zero-order valence-electron chi connectivity index (χ0n) is 6.67. The molecular formula is C8H5F3O3. The van der Waals surface area contributed by atoms with Gasteiger partial charge in [-0.1, -0.05) is 0 Å². The predicted molar refractivity (Wildman–Crippen MR) is 40.2 cm³/mol. The summed E-state index contributed by atoms with van der Waals surface area (Å²) in [6, 6.07) is 2.35. The van der Waals surface area contributed by atoms with Crippen LogP contribution in [0.2, 0.25) is 0 Å². The van der Waals surface area contributed by atoms with Crippen LogP contribution in [0.4, 0.5) is 13.2 Å². The normalized spacial score (nSPS) is 11.4. The molecule has 2 N–H and O–H groups in total. The topological polar surface area (TPSA) is 57.5 Å². The number of rotatable bonds is 1. The molecule has 0 aromatic heterocycles. The molecule has 0 saturated heterocycles. The monoisotopic (exact) mass is 206 g/mol. The third-order valence-corrected chi connectivity index (χ3v) is 1.48. The van der Waals surface area contributed by atoms with Crippen molar-refractivity contribution in [2.24, 2.45) is 0 Å². The molecule has 0 saturated carbocycles. The molecular weight excluding hydrogens is 201 g/mol. The molecule has 0 unspecified atom stereocenters. The number of hydrogen-bond donors (Lipinski definition) is 2. The van der Waals surface area contributed by atoms with Gasteiger partial charge in [0.1, 0.15) is 11.5 Å². The number of aromatic hydroxyl groups is 2. The van der Waals surface area contributed by atoms with E-state index in [4.69, 9.17) is 10.2 Å². The minimum Gasteiger partial charge on any atom is -0.508 e. The maximum absolute atomic E-state index is 11.9. The summed E-state index contributed by atoms with van der Waals surface area (Å²) in [5.41, 5.74) is -0.961. The van der Waals surface area contributed by atoms with E-state index in [0.29, 0.717) is 6.07 Å².